The molecule has 1 rings (SSSR count). The summed E-state index contributed by atoms with van der Waals surface area (Å²) in [5, 5.41) is 0. The fraction of sp³-hybridized carbons (Fsp3) is 1.00. The number of hydrogen-bond donors (Lipinski definition) is 0. The van der Waals surface area contributed by atoms with Crippen LogP contribution in [0, 0.1) is 0 Å². The highest BCUT2D eigenvalue weighted by Gasteiger charge is 2.24. The van der Waals surface area contributed by atoms with E-state index in [1.807, 2.05) is 0 Å². The Balaban J connectivity index is 2.27. The maximum Gasteiger partial charge on any atom is 0.0223 e. The molecule has 0 aromatic carbocycles. The van der Waals surface area contributed by atoms with Crippen LogP contribution in [-0.4, -0.2) is 49.1 Å². The Morgan fingerprint density at radius 3 is 2.79 bits per heavy atom. The summed E-state index contributed by atoms with van der Waals surface area (Å²) < 4.78 is 0. The van der Waals surface area contributed by atoms with Gasteiger partial charge in [0.2, 0.25) is 0 Å². The number of unbranched alkanes of at least 4 members (excludes halogenated alkanes) is 1. The highest BCUT2D eigenvalue weighted by molar-refractivity contribution is 4.80. The molecular weight excluding hydrogens is 172 g/mol. The first-order valence-electron chi connectivity index (χ1n) is 6.20. The molecule has 1 fully saturated rings. The summed E-state index contributed by atoms with van der Waals surface area (Å²) >= 11 is 0. The molecule has 1 heterocycles. The van der Waals surface area contributed by atoms with Crippen molar-refractivity contribution in [2.24, 2.45) is 0 Å². The van der Waals surface area contributed by atoms with E-state index in [4.69, 9.17) is 0 Å². The molecule has 0 aromatic heterocycles. The van der Waals surface area contributed by atoms with E-state index < -0.39 is 0 Å². The van der Waals surface area contributed by atoms with Crippen LogP contribution in [0.25, 0.3) is 0 Å². The van der Waals surface area contributed by atoms with Gasteiger partial charge in [0.05, 0.1) is 0 Å². The molecule has 0 amide bonds. The quantitative estimate of drug-likeness (QED) is 0.645. The average Bonchev–Trinajstić information content (AvgIpc) is 2.62. The van der Waals surface area contributed by atoms with Gasteiger partial charge in [0.15, 0.2) is 0 Å². The lowest BCUT2D eigenvalue weighted by molar-refractivity contribution is 0.194. The molecule has 0 radical (unpaired) electrons. The van der Waals surface area contributed by atoms with Crippen LogP contribution in [-0.2, 0) is 0 Å². The van der Waals surface area contributed by atoms with Gasteiger partial charge >= 0.3 is 0 Å². The van der Waals surface area contributed by atoms with E-state index in [1.54, 1.807) is 0 Å². The van der Waals surface area contributed by atoms with Gasteiger partial charge in [0.25, 0.3) is 0 Å². The second-order valence-corrected chi connectivity index (χ2v) is 4.54. The molecule has 1 aliphatic heterocycles. The van der Waals surface area contributed by atoms with Crippen molar-refractivity contribution < 1.29 is 0 Å². The zero-order valence-electron chi connectivity index (χ0n) is 10.1. The van der Waals surface area contributed by atoms with Crippen LogP contribution in [0.1, 0.15) is 39.5 Å². The largest absolute Gasteiger partial charge is 0.305 e. The summed E-state index contributed by atoms with van der Waals surface area (Å²) in [6, 6.07) is 0.839. The van der Waals surface area contributed by atoms with Gasteiger partial charge in [-0.1, -0.05) is 20.3 Å². The first kappa shape index (κ1) is 12.0. The summed E-state index contributed by atoms with van der Waals surface area (Å²) in [5.74, 6) is 0. The fourth-order valence-electron chi connectivity index (χ4n) is 2.25. The molecule has 1 atom stereocenters. The molecule has 2 nitrogen and oxygen atoms in total. The maximum absolute atomic E-state index is 2.69. The predicted octanol–water partition coefficient (Wildman–Crippen LogP) is 2.20. The Kier molecular flexibility index (Phi) is 5.49. The summed E-state index contributed by atoms with van der Waals surface area (Å²) in [5.41, 5.74) is 0. The van der Waals surface area contributed by atoms with Gasteiger partial charge in [-0.15, -0.1) is 0 Å². The molecule has 14 heavy (non-hydrogen) atoms. The topological polar surface area (TPSA) is 6.48 Å². The van der Waals surface area contributed by atoms with E-state index in [0.29, 0.717) is 0 Å². The molecule has 1 aliphatic rings. The van der Waals surface area contributed by atoms with Gasteiger partial charge in [0.1, 0.15) is 0 Å². The van der Waals surface area contributed by atoms with Crippen LogP contribution in [0.5, 0.6) is 0 Å². The molecule has 0 aromatic rings. The van der Waals surface area contributed by atoms with Crippen molar-refractivity contribution in [2.45, 2.75) is 45.6 Å². The van der Waals surface area contributed by atoms with Gasteiger partial charge in [-0.05, 0) is 45.9 Å². The third kappa shape index (κ3) is 3.58. The van der Waals surface area contributed by atoms with Crippen molar-refractivity contribution in [1.82, 2.24) is 9.80 Å². The SMILES string of the molecule is CCCCN1CCC[C@@H]1CN(C)CC. The van der Waals surface area contributed by atoms with Crippen LogP contribution in [0.15, 0.2) is 0 Å². The molecule has 1 saturated heterocycles. The monoisotopic (exact) mass is 198 g/mol. The molecule has 84 valence electrons. The minimum absolute atomic E-state index is 0.839. The second-order valence-electron chi connectivity index (χ2n) is 4.54. The van der Waals surface area contributed by atoms with Crippen molar-refractivity contribution >= 4 is 0 Å². The Hall–Kier alpha value is -0.0800. The lowest BCUT2D eigenvalue weighted by atomic mass is 10.2. The maximum atomic E-state index is 2.69. The van der Waals surface area contributed by atoms with Gasteiger partial charge < -0.3 is 4.90 Å². The summed E-state index contributed by atoms with van der Waals surface area (Å²) in [6.07, 6.45) is 5.51. The molecule has 0 spiro atoms. The second kappa shape index (κ2) is 6.41. The minimum Gasteiger partial charge on any atom is -0.305 e. The van der Waals surface area contributed by atoms with Crippen LogP contribution in [0.3, 0.4) is 0 Å². The third-order valence-electron chi connectivity index (χ3n) is 3.36. The Morgan fingerprint density at radius 2 is 2.14 bits per heavy atom. The smallest absolute Gasteiger partial charge is 0.0223 e. The van der Waals surface area contributed by atoms with E-state index in [0.717, 1.165) is 6.04 Å². The van der Waals surface area contributed by atoms with E-state index in [1.165, 1.54) is 51.9 Å². The van der Waals surface area contributed by atoms with Crippen molar-refractivity contribution in [3.63, 3.8) is 0 Å². The Bertz CT molecular complexity index is 147. The van der Waals surface area contributed by atoms with Crippen molar-refractivity contribution in [3.8, 4) is 0 Å². The number of likely N-dealkylation sites (tertiary alicyclic amines) is 1. The first-order chi connectivity index (χ1) is 6.77. The number of likely N-dealkylation sites (N-methyl/N-ethyl adjacent to an activating group) is 1. The van der Waals surface area contributed by atoms with Crippen molar-refractivity contribution in [1.29, 1.82) is 0 Å². The lowest BCUT2D eigenvalue weighted by Gasteiger charge is -2.27. The van der Waals surface area contributed by atoms with Gasteiger partial charge in [0, 0.05) is 12.6 Å². The highest BCUT2D eigenvalue weighted by atomic mass is 15.2. The van der Waals surface area contributed by atoms with Gasteiger partial charge in [-0.2, -0.15) is 0 Å². The van der Waals surface area contributed by atoms with Crippen LogP contribution < -0.4 is 0 Å². The molecule has 0 aliphatic carbocycles. The Morgan fingerprint density at radius 1 is 1.36 bits per heavy atom. The van der Waals surface area contributed by atoms with Crippen LogP contribution in [0.4, 0.5) is 0 Å². The zero-order valence-corrected chi connectivity index (χ0v) is 10.1. The molecule has 0 saturated carbocycles. The normalized spacial score (nSPS) is 23.6. The molecular formula is C12H26N2. The first-order valence-corrected chi connectivity index (χ1v) is 6.20. The van der Waals surface area contributed by atoms with Gasteiger partial charge in [-0.25, -0.2) is 0 Å². The van der Waals surface area contributed by atoms with E-state index in [9.17, 15) is 0 Å². The lowest BCUT2D eigenvalue weighted by Crippen LogP contribution is -2.39. The van der Waals surface area contributed by atoms with E-state index in [-0.39, 0.29) is 0 Å². The van der Waals surface area contributed by atoms with Crippen molar-refractivity contribution in [3.05, 3.63) is 0 Å². The van der Waals surface area contributed by atoms with E-state index >= 15 is 0 Å². The predicted molar refractivity (Wildman–Crippen MR) is 62.7 cm³/mol. The highest BCUT2D eigenvalue weighted by Crippen LogP contribution is 2.18. The standard InChI is InChI=1S/C12H26N2/c1-4-6-9-14-10-7-8-12(14)11-13(3)5-2/h12H,4-11H2,1-3H3/t12-/m1/s1. The van der Waals surface area contributed by atoms with E-state index in [2.05, 4.69) is 30.7 Å². The molecule has 0 N–H and O–H groups in total. The zero-order chi connectivity index (χ0) is 10.4. The average molecular weight is 198 g/mol. The fourth-order valence-corrected chi connectivity index (χ4v) is 2.25. The summed E-state index contributed by atoms with van der Waals surface area (Å²) in [4.78, 5) is 5.13. The van der Waals surface area contributed by atoms with Crippen LogP contribution >= 0.6 is 0 Å². The number of rotatable bonds is 6. The third-order valence-corrected chi connectivity index (χ3v) is 3.36. The Labute approximate surface area is 89.3 Å². The molecule has 0 bridgehead atoms. The number of hydrogen-bond acceptors (Lipinski definition) is 2. The van der Waals surface area contributed by atoms with Crippen molar-refractivity contribution in [2.75, 3.05) is 33.2 Å². The summed E-state index contributed by atoms with van der Waals surface area (Å²) in [6.45, 7) is 9.62. The molecule has 0 unspecified atom stereocenters. The van der Waals surface area contributed by atoms with Gasteiger partial charge in [-0.3, -0.25) is 4.90 Å². The molecule has 2 heteroatoms. The summed E-state index contributed by atoms with van der Waals surface area (Å²) in [7, 11) is 2.23. The van der Waals surface area contributed by atoms with Crippen LogP contribution in [0.2, 0.25) is 0 Å². The minimum atomic E-state index is 0.839. The number of nitrogens with zero attached hydrogens (tertiary/aromatic N) is 2.